The van der Waals surface area contributed by atoms with Gasteiger partial charge in [0.1, 0.15) is 6.10 Å². The molecule has 1 aliphatic heterocycles. The van der Waals surface area contributed by atoms with Crippen molar-refractivity contribution in [2.45, 2.75) is 29.4 Å². The van der Waals surface area contributed by atoms with Crippen LogP contribution in [0.4, 0.5) is 0 Å². The fraction of sp³-hybridized carbons (Fsp3) is 1.00. The molecule has 1 aliphatic rings. The summed E-state index contributed by atoms with van der Waals surface area (Å²) >= 11 is 6.51. The molecule has 5 atom stereocenters. The first-order valence-corrected chi connectivity index (χ1v) is 5.90. The number of alkyl halides is 2. The van der Waals surface area contributed by atoms with E-state index in [0.717, 1.165) is 0 Å². The molecule has 4 nitrogen and oxygen atoms in total. The van der Waals surface area contributed by atoms with E-state index in [1.807, 2.05) is 0 Å². The van der Waals surface area contributed by atoms with Gasteiger partial charge in [0, 0.05) is 12.4 Å². The highest BCUT2D eigenvalue weighted by Gasteiger charge is 2.42. The minimum absolute atomic E-state index is 0.205. The zero-order valence-electron chi connectivity index (χ0n) is 7.06. The van der Waals surface area contributed by atoms with E-state index in [2.05, 4.69) is 31.9 Å². The molecule has 1 saturated heterocycles. The summed E-state index contributed by atoms with van der Waals surface area (Å²) in [6.07, 6.45) is -2.85. The fourth-order valence-electron chi connectivity index (χ4n) is 1.21. The first-order valence-electron chi connectivity index (χ1n) is 3.86. The summed E-state index contributed by atoms with van der Waals surface area (Å²) in [5.41, 5.74) is 0. The second kappa shape index (κ2) is 5.04. The topological polar surface area (TPSA) is 58.9 Å². The number of hydrogen-bond donors (Lipinski definition) is 2. The fourth-order valence-corrected chi connectivity index (χ4v) is 2.89. The molecule has 78 valence electrons. The first kappa shape index (κ1) is 11.9. The SMILES string of the molecule is CO[C@H]1O[C@H](CBr)[C@H](Br)[C@H](O)[C@H]1O. The molecule has 0 spiro atoms. The Labute approximate surface area is 93.5 Å². The van der Waals surface area contributed by atoms with E-state index in [1.54, 1.807) is 0 Å². The third-order valence-corrected chi connectivity index (χ3v) is 3.77. The molecule has 13 heavy (non-hydrogen) atoms. The van der Waals surface area contributed by atoms with E-state index in [0.29, 0.717) is 5.33 Å². The van der Waals surface area contributed by atoms with Gasteiger partial charge in [-0.1, -0.05) is 31.9 Å². The monoisotopic (exact) mass is 318 g/mol. The number of rotatable bonds is 2. The van der Waals surface area contributed by atoms with Gasteiger partial charge < -0.3 is 19.7 Å². The highest BCUT2D eigenvalue weighted by Crippen LogP contribution is 2.27. The molecule has 0 bridgehead atoms. The van der Waals surface area contributed by atoms with Gasteiger partial charge >= 0.3 is 0 Å². The maximum atomic E-state index is 9.57. The predicted octanol–water partition coefficient (Wildman–Crippen LogP) is 0.238. The zero-order chi connectivity index (χ0) is 10.0. The Morgan fingerprint density at radius 1 is 1.38 bits per heavy atom. The molecule has 0 amide bonds. The summed E-state index contributed by atoms with van der Waals surface area (Å²) in [7, 11) is 1.43. The second-order valence-corrected chi connectivity index (χ2v) is 4.56. The second-order valence-electron chi connectivity index (χ2n) is 2.86. The van der Waals surface area contributed by atoms with Crippen LogP contribution >= 0.6 is 31.9 Å². The smallest absolute Gasteiger partial charge is 0.186 e. The van der Waals surface area contributed by atoms with Crippen molar-refractivity contribution in [1.82, 2.24) is 0 Å². The lowest BCUT2D eigenvalue weighted by atomic mass is 10.0. The van der Waals surface area contributed by atoms with Gasteiger partial charge in [0.05, 0.1) is 17.0 Å². The van der Waals surface area contributed by atoms with E-state index in [4.69, 9.17) is 9.47 Å². The molecule has 0 radical (unpaired) electrons. The summed E-state index contributed by atoms with van der Waals surface area (Å²) in [4.78, 5) is -0.284. The van der Waals surface area contributed by atoms with Gasteiger partial charge in [-0.15, -0.1) is 0 Å². The van der Waals surface area contributed by atoms with Crippen LogP contribution in [0.15, 0.2) is 0 Å². The Hall–Kier alpha value is 0.800. The Kier molecular flexibility index (Phi) is 4.61. The standard InChI is InChI=1S/C7H12Br2O4/c1-12-7-6(11)5(10)4(9)3(2-8)13-7/h3-7,10-11H,2H2,1H3/t3-,4+,5+,6-,7+/m1/s1. The number of aliphatic hydroxyl groups excluding tert-OH is 2. The number of ether oxygens (including phenoxy) is 2. The van der Waals surface area contributed by atoms with Crippen molar-refractivity contribution < 1.29 is 19.7 Å². The summed E-state index contributed by atoms with van der Waals surface area (Å²) in [6, 6.07) is 0. The largest absolute Gasteiger partial charge is 0.389 e. The molecule has 6 heteroatoms. The Balaban J connectivity index is 2.66. The normalized spacial score (nSPS) is 46.4. The van der Waals surface area contributed by atoms with Gasteiger partial charge in [-0.2, -0.15) is 0 Å². The van der Waals surface area contributed by atoms with Crippen molar-refractivity contribution in [2.75, 3.05) is 12.4 Å². The van der Waals surface area contributed by atoms with E-state index in [1.165, 1.54) is 7.11 Å². The maximum Gasteiger partial charge on any atom is 0.186 e. The van der Waals surface area contributed by atoms with Crippen LogP contribution in [0.5, 0.6) is 0 Å². The molecule has 0 saturated carbocycles. The zero-order valence-corrected chi connectivity index (χ0v) is 10.2. The van der Waals surface area contributed by atoms with Crippen molar-refractivity contribution in [3.05, 3.63) is 0 Å². The van der Waals surface area contributed by atoms with Crippen LogP contribution in [0.2, 0.25) is 0 Å². The minimum atomic E-state index is -1.01. The maximum absolute atomic E-state index is 9.57. The lowest BCUT2D eigenvalue weighted by Crippen LogP contribution is -2.56. The van der Waals surface area contributed by atoms with Gasteiger partial charge in [-0.3, -0.25) is 0 Å². The molecule has 1 rings (SSSR count). The van der Waals surface area contributed by atoms with Crippen molar-refractivity contribution in [2.24, 2.45) is 0 Å². The number of hydrogen-bond acceptors (Lipinski definition) is 4. The average molecular weight is 320 g/mol. The Morgan fingerprint density at radius 3 is 2.46 bits per heavy atom. The Morgan fingerprint density at radius 2 is 2.00 bits per heavy atom. The molecule has 1 fully saturated rings. The lowest BCUT2D eigenvalue weighted by Gasteiger charge is -2.39. The Bertz CT molecular complexity index is 149. The first-order chi connectivity index (χ1) is 6.11. The molecule has 0 aromatic rings. The molecule has 1 heterocycles. The van der Waals surface area contributed by atoms with Crippen molar-refractivity contribution >= 4 is 31.9 Å². The van der Waals surface area contributed by atoms with Gasteiger partial charge in [0.2, 0.25) is 0 Å². The van der Waals surface area contributed by atoms with Crippen LogP contribution in [0.1, 0.15) is 0 Å². The summed E-state index contributed by atoms with van der Waals surface area (Å²) in [6.45, 7) is 0. The van der Waals surface area contributed by atoms with Crippen molar-refractivity contribution in [1.29, 1.82) is 0 Å². The van der Waals surface area contributed by atoms with Crippen molar-refractivity contribution in [3.63, 3.8) is 0 Å². The van der Waals surface area contributed by atoms with Crippen molar-refractivity contribution in [3.8, 4) is 0 Å². The van der Waals surface area contributed by atoms with E-state index in [9.17, 15) is 10.2 Å². The van der Waals surface area contributed by atoms with Crippen LogP contribution in [0.25, 0.3) is 0 Å². The third-order valence-electron chi connectivity index (χ3n) is 2.00. The summed E-state index contributed by atoms with van der Waals surface area (Å²) in [5.74, 6) is 0. The molecule has 0 unspecified atom stereocenters. The number of halogens is 2. The van der Waals surface area contributed by atoms with Crippen LogP contribution in [0, 0.1) is 0 Å². The molecule has 2 N–H and O–H groups in total. The van der Waals surface area contributed by atoms with Crippen LogP contribution in [0.3, 0.4) is 0 Å². The molecule has 0 aliphatic carbocycles. The predicted molar refractivity (Wildman–Crippen MR) is 54.2 cm³/mol. The van der Waals surface area contributed by atoms with Gasteiger partial charge in [-0.25, -0.2) is 0 Å². The summed E-state index contributed by atoms with van der Waals surface area (Å²) < 4.78 is 10.2. The van der Waals surface area contributed by atoms with Gasteiger partial charge in [0.25, 0.3) is 0 Å². The molecule has 0 aromatic heterocycles. The molecular weight excluding hydrogens is 308 g/mol. The molecular formula is C7H12Br2O4. The molecule has 0 aromatic carbocycles. The highest BCUT2D eigenvalue weighted by atomic mass is 79.9. The number of aliphatic hydroxyl groups is 2. The highest BCUT2D eigenvalue weighted by molar-refractivity contribution is 9.10. The quantitative estimate of drug-likeness (QED) is 0.716. The number of methoxy groups -OCH3 is 1. The van der Waals surface area contributed by atoms with Crippen LogP contribution < -0.4 is 0 Å². The van der Waals surface area contributed by atoms with E-state index < -0.39 is 18.5 Å². The van der Waals surface area contributed by atoms with Gasteiger partial charge in [0.15, 0.2) is 6.29 Å². The minimum Gasteiger partial charge on any atom is -0.389 e. The van der Waals surface area contributed by atoms with E-state index in [-0.39, 0.29) is 10.9 Å². The average Bonchev–Trinajstić information content (AvgIpc) is 2.15. The van der Waals surface area contributed by atoms with Crippen LogP contribution in [-0.2, 0) is 9.47 Å². The van der Waals surface area contributed by atoms with Crippen LogP contribution in [-0.4, -0.2) is 52.1 Å². The van der Waals surface area contributed by atoms with E-state index >= 15 is 0 Å². The van der Waals surface area contributed by atoms with Gasteiger partial charge in [-0.05, 0) is 0 Å². The summed E-state index contributed by atoms with van der Waals surface area (Å²) in [5, 5.41) is 19.6. The third kappa shape index (κ3) is 2.43. The lowest BCUT2D eigenvalue weighted by molar-refractivity contribution is -0.249.